The fourth-order valence-electron chi connectivity index (χ4n) is 2.45. The lowest BCUT2D eigenvalue weighted by Gasteiger charge is -2.30. The summed E-state index contributed by atoms with van der Waals surface area (Å²) in [6.07, 6.45) is 1.44. The zero-order chi connectivity index (χ0) is 14.0. The molecule has 0 bridgehead atoms. The van der Waals surface area contributed by atoms with Gasteiger partial charge in [0.25, 0.3) is 5.91 Å². The van der Waals surface area contributed by atoms with Crippen molar-refractivity contribution in [3.05, 3.63) is 21.9 Å². The molecule has 104 valence electrons. The molecular weight excluding hydrogens is 262 g/mol. The summed E-state index contributed by atoms with van der Waals surface area (Å²) in [6.45, 7) is 5.13. The molecule has 0 saturated carbocycles. The molecule has 0 aromatic carbocycles. The van der Waals surface area contributed by atoms with E-state index in [2.05, 4.69) is 13.8 Å². The fourth-order valence-corrected chi connectivity index (χ4v) is 3.47. The van der Waals surface area contributed by atoms with Crippen LogP contribution in [0.25, 0.3) is 0 Å². The first-order valence-corrected chi connectivity index (χ1v) is 7.48. The molecule has 5 heteroatoms. The van der Waals surface area contributed by atoms with Gasteiger partial charge in [-0.15, -0.1) is 11.3 Å². The van der Waals surface area contributed by atoms with Crippen molar-refractivity contribution in [1.29, 1.82) is 0 Å². The van der Waals surface area contributed by atoms with E-state index in [-0.39, 0.29) is 5.91 Å². The Labute approximate surface area is 117 Å². The molecule has 1 aromatic rings. The Morgan fingerprint density at radius 2 is 2.21 bits per heavy atom. The van der Waals surface area contributed by atoms with Crippen LogP contribution in [0.3, 0.4) is 0 Å². The third-order valence-corrected chi connectivity index (χ3v) is 4.49. The van der Waals surface area contributed by atoms with Crippen molar-refractivity contribution in [3.8, 4) is 0 Å². The number of amides is 1. The molecule has 1 aliphatic rings. The number of carbonyl (C=O) groups is 2. The lowest BCUT2D eigenvalue weighted by atomic mass is 9.97. The summed E-state index contributed by atoms with van der Waals surface area (Å²) in [5.41, 5.74) is 1.06. The zero-order valence-electron chi connectivity index (χ0n) is 11.3. The number of hydrogen-bond donors (Lipinski definition) is 1. The lowest BCUT2D eigenvalue weighted by molar-refractivity contribution is -0.143. The minimum atomic E-state index is -0.798. The standard InChI is InChI=1S/C14H19NO3S/c1-9(2)11-5-7-19-12(11)13(16)15-6-3-4-10(8-15)14(17)18/h5,7,9-10H,3-4,6,8H2,1-2H3,(H,17,18)/t10-/m1/s1. The summed E-state index contributed by atoms with van der Waals surface area (Å²) in [5.74, 6) is -0.914. The maximum Gasteiger partial charge on any atom is 0.308 e. The van der Waals surface area contributed by atoms with E-state index >= 15 is 0 Å². The highest BCUT2D eigenvalue weighted by Gasteiger charge is 2.30. The number of piperidine rings is 1. The van der Waals surface area contributed by atoms with E-state index in [1.165, 1.54) is 11.3 Å². The molecule has 4 nitrogen and oxygen atoms in total. The van der Waals surface area contributed by atoms with Crippen molar-refractivity contribution in [2.45, 2.75) is 32.6 Å². The second-order valence-electron chi connectivity index (χ2n) is 5.29. The van der Waals surface area contributed by atoms with E-state index < -0.39 is 11.9 Å². The topological polar surface area (TPSA) is 57.6 Å². The molecule has 0 aliphatic carbocycles. The molecule has 0 unspecified atom stereocenters. The summed E-state index contributed by atoms with van der Waals surface area (Å²) in [5, 5.41) is 11.0. The molecule has 1 amide bonds. The average Bonchev–Trinajstić information content (AvgIpc) is 2.87. The van der Waals surface area contributed by atoms with Gasteiger partial charge in [0.2, 0.25) is 0 Å². The van der Waals surface area contributed by atoms with Crippen molar-refractivity contribution < 1.29 is 14.7 Å². The van der Waals surface area contributed by atoms with E-state index in [4.69, 9.17) is 5.11 Å². The summed E-state index contributed by atoms with van der Waals surface area (Å²) in [6, 6.07) is 1.99. The van der Waals surface area contributed by atoms with E-state index in [0.717, 1.165) is 16.9 Å². The molecule has 1 saturated heterocycles. The summed E-state index contributed by atoms with van der Waals surface area (Å²) in [4.78, 5) is 26.0. The van der Waals surface area contributed by atoms with E-state index in [0.29, 0.717) is 25.4 Å². The average molecular weight is 281 g/mol. The second-order valence-corrected chi connectivity index (χ2v) is 6.20. The Kier molecular flexibility index (Phi) is 4.24. The van der Waals surface area contributed by atoms with Crippen molar-refractivity contribution in [2.75, 3.05) is 13.1 Å². The third-order valence-electron chi connectivity index (χ3n) is 3.57. The maximum absolute atomic E-state index is 12.5. The Morgan fingerprint density at radius 1 is 1.47 bits per heavy atom. The first-order chi connectivity index (χ1) is 9.00. The van der Waals surface area contributed by atoms with Crippen LogP contribution in [-0.2, 0) is 4.79 Å². The van der Waals surface area contributed by atoms with Crippen LogP contribution in [0.15, 0.2) is 11.4 Å². The first kappa shape index (κ1) is 14.1. The normalized spacial score (nSPS) is 19.7. The molecule has 2 rings (SSSR count). The molecule has 1 fully saturated rings. The van der Waals surface area contributed by atoms with Gasteiger partial charge in [-0.25, -0.2) is 0 Å². The second kappa shape index (κ2) is 5.74. The van der Waals surface area contributed by atoms with Gasteiger partial charge in [-0.05, 0) is 35.8 Å². The van der Waals surface area contributed by atoms with Crippen LogP contribution in [0, 0.1) is 5.92 Å². The fraction of sp³-hybridized carbons (Fsp3) is 0.571. The Bertz CT molecular complexity index is 481. The molecule has 19 heavy (non-hydrogen) atoms. The molecular formula is C14H19NO3S. The van der Waals surface area contributed by atoms with Crippen LogP contribution >= 0.6 is 11.3 Å². The minimum Gasteiger partial charge on any atom is -0.481 e. The predicted molar refractivity (Wildman–Crippen MR) is 74.7 cm³/mol. The number of thiophene rings is 1. The molecule has 1 N–H and O–H groups in total. The number of carboxylic acids is 1. The summed E-state index contributed by atoms with van der Waals surface area (Å²) in [7, 11) is 0. The van der Waals surface area contributed by atoms with Gasteiger partial charge in [0.1, 0.15) is 0 Å². The van der Waals surface area contributed by atoms with Crippen LogP contribution in [-0.4, -0.2) is 35.0 Å². The van der Waals surface area contributed by atoms with Gasteiger partial charge in [-0.2, -0.15) is 0 Å². The highest BCUT2D eigenvalue weighted by Crippen LogP contribution is 2.27. The minimum absolute atomic E-state index is 0.00958. The van der Waals surface area contributed by atoms with E-state index in [1.807, 2.05) is 11.4 Å². The first-order valence-electron chi connectivity index (χ1n) is 6.60. The quantitative estimate of drug-likeness (QED) is 0.927. The molecule has 2 heterocycles. The highest BCUT2D eigenvalue weighted by atomic mass is 32.1. The van der Waals surface area contributed by atoms with Gasteiger partial charge in [-0.3, -0.25) is 9.59 Å². The molecule has 0 spiro atoms. The van der Waals surface area contributed by atoms with Crippen molar-refractivity contribution in [3.63, 3.8) is 0 Å². The van der Waals surface area contributed by atoms with Crippen LogP contribution in [0.2, 0.25) is 0 Å². The Balaban J connectivity index is 2.15. The lowest BCUT2D eigenvalue weighted by Crippen LogP contribution is -2.42. The van der Waals surface area contributed by atoms with Crippen molar-refractivity contribution >= 4 is 23.2 Å². The van der Waals surface area contributed by atoms with Crippen molar-refractivity contribution in [2.24, 2.45) is 5.92 Å². The van der Waals surface area contributed by atoms with Crippen LogP contribution in [0.1, 0.15) is 47.8 Å². The number of nitrogens with zero attached hydrogens (tertiary/aromatic N) is 1. The number of likely N-dealkylation sites (tertiary alicyclic amines) is 1. The van der Waals surface area contributed by atoms with Gasteiger partial charge in [0.05, 0.1) is 10.8 Å². The molecule has 1 aliphatic heterocycles. The maximum atomic E-state index is 12.5. The molecule has 1 aromatic heterocycles. The largest absolute Gasteiger partial charge is 0.481 e. The van der Waals surface area contributed by atoms with E-state index in [9.17, 15) is 9.59 Å². The third kappa shape index (κ3) is 2.97. The summed E-state index contributed by atoms with van der Waals surface area (Å²) >= 11 is 1.45. The predicted octanol–water partition coefficient (Wildman–Crippen LogP) is 2.81. The number of carbonyl (C=O) groups excluding carboxylic acids is 1. The number of carboxylic acid groups (broad SMARTS) is 1. The Hall–Kier alpha value is -1.36. The van der Waals surface area contributed by atoms with Crippen LogP contribution < -0.4 is 0 Å². The van der Waals surface area contributed by atoms with Gasteiger partial charge in [-0.1, -0.05) is 13.8 Å². The smallest absolute Gasteiger partial charge is 0.308 e. The molecule has 1 atom stereocenters. The zero-order valence-corrected chi connectivity index (χ0v) is 12.1. The summed E-state index contributed by atoms with van der Waals surface area (Å²) < 4.78 is 0. The van der Waals surface area contributed by atoms with Gasteiger partial charge in [0, 0.05) is 13.1 Å². The highest BCUT2D eigenvalue weighted by molar-refractivity contribution is 7.12. The Morgan fingerprint density at radius 3 is 2.84 bits per heavy atom. The monoisotopic (exact) mass is 281 g/mol. The number of aliphatic carboxylic acids is 1. The SMILES string of the molecule is CC(C)c1ccsc1C(=O)N1CCC[C@@H](C(=O)O)C1. The van der Waals surface area contributed by atoms with Crippen LogP contribution in [0.4, 0.5) is 0 Å². The van der Waals surface area contributed by atoms with Gasteiger partial charge in [0.15, 0.2) is 0 Å². The van der Waals surface area contributed by atoms with Gasteiger partial charge < -0.3 is 10.0 Å². The van der Waals surface area contributed by atoms with Crippen molar-refractivity contribution in [1.82, 2.24) is 4.90 Å². The molecule has 0 radical (unpaired) electrons. The number of rotatable bonds is 3. The van der Waals surface area contributed by atoms with Gasteiger partial charge >= 0.3 is 5.97 Å². The number of hydrogen-bond acceptors (Lipinski definition) is 3. The van der Waals surface area contributed by atoms with E-state index in [1.54, 1.807) is 4.90 Å². The van der Waals surface area contributed by atoms with Crippen LogP contribution in [0.5, 0.6) is 0 Å².